The van der Waals surface area contributed by atoms with Gasteiger partial charge in [0, 0.05) is 5.69 Å². The highest BCUT2D eigenvalue weighted by atomic mass is 16.5. The number of benzene rings is 2. The Balaban J connectivity index is 1.74. The van der Waals surface area contributed by atoms with Crippen LogP contribution in [0.25, 0.3) is 0 Å². The number of nitrogens with one attached hydrogen (secondary N) is 2. The van der Waals surface area contributed by atoms with Crippen molar-refractivity contribution in [3.63, 3.8) is 0 Å². The molecule has 1 amide bonds. The van der Waals surface area contributed by atoms with Gasteiger partial charge in [-0.15, -0.1) is 0 Å². The van der Waals surface area contributed by atoms with Crippen LogP contribution >= 0.6 is 0 Å². The maximum Gasteiger partial charge on any atom is 0.259 e. The first-order valence-electron chi connectivity index (χ1n) is 7.61. The van der Waals surface area contributed by atoms with Crippen LogP contribution in [-0.2, 0) is 4.79 Å². The molecule has 0 spiro atoms. The second-order valence-corrected chi connectivity index (χ2v) is 4.93. The summed E-state index contributed by atoms with van der Waals surface area (Å²) in [7, 11) is 0. The number of para-hydroxylation sites is 1. The minimum absolute atomic E-state index is 0.172. The molecule has 2 aromatic rings. The van der Waals surface area contributed by atoms with Crippen LogP contribution in [0.1, 0.15) is 18.9 Å². The van der Waals surface area contributed by atoms with Crippen molar-refractivity contribution < 1.29 is 9.53 Å². The third-order valence-corrected chi connectivity index (χ3v) is 2.98. The first-order valence-corrected chi connectivity index (χ1v) is 7.61. The minimum atomic E-state index is -0.201. The zero-order valence-electron chi connectivity index (χ0n) is 13.2. The van der Waals surface area contributed by atoms with Crippen molar-refractivity contribution in [3.05, 3.63) is 60.2 Å². The summed E-state index contributed by atoms with van der Waals surface area (Å²) in [6.07, 6.45) is 2.58. The van der Waals surface area contributed by atoms with Gasteiger partial charge >= 0.3 is 0 Å². The molecule has 0 fully saturated rings. The molecule has 2 N–H and O–H groups in total. The van der Waals surface area contributed by atoms with Crippen LogP contribution in [0.15, 0.2) is 59.7 Å². The highest BCUT2D eigenvalue weighted by Crippen LogP contribution is 2.11. The average molecular weight is 311 g/mol. The molecule has 0 radical (unpaired) electrons. The Hall–Kier alpha value is -2.82. The van der Waals surface area contributed by atoms with E-state index in [1.807, 2.05) is 54.6 Å². The fourth-order valence-electron chi connectivity index (χ4n) is 1.83. The van der Waals surface area contributed by atoms with Crippen molar-refractivity contribution in [2.75, 3.05) is 18.5 Å². The third-order valence-electron chi connectivity index (χ3n) is 2.98. The zero-order valence-corrected chi connectivity index (χ0v) is 13.2. The molecule has 0 bridgehead atoms. The van der Waals surface area contributed by atoms with Gasteiger partial charge in [0.2, 0.25) is 0 Å². The molecule has 0 unspecified atom stereocenters. The number of carbonyl (C=O) groups is 1. The van der Waals surface area contributed by atoms with Crippen LogP contribution in [-0.4, -0.2) is 25.3 Å². The first-order chi connectivity index (χ1) is 11.3. The van der Waals surface area contributed by atoms with Crippen LogP contribution in [0.2, 0.25) is 0 Å². The van der Waals surface area contributed by atoms with E-state index in [4.69, 9.17) is 4.74 Å². The minimum Gasteiger partial charge on any atom is -0.494 e. The van der Waals surface area contributed by atoms with Gasteiger partial charge in [0.25, 0.3) is 5.91 Å². The van der Waals surface area contributed by atoms with Crippen LogP contribution in [0.3, 0.4) is 0 Å². The smallest absolute Gasteiger partial charge is 0.259 e. The summed E-state index contributed by atoms with van der Waals surface area (Å²) in [6.45, 7) is 2.94. The SMILES string of the molecule is CCCOc1ccc(/C=N\NC(=O)CNc2ccccc2)cc1. The number of rotatable bonds is 8. The molecule has 0 aliphatic heterocycles. The lowest BCUT2D eigenvalue weighted by Gasteiger charge is -2.05. The molecule has 5 heteroatoms. The highest BCUT2D eigenvalue weighted by molar-refractivity contribution is 5.84. The molecule has 120 valence electrons. The second-order valence-electron chi connectivity index (χ2n) is 4.93. The Bertz CT molecular complexity index is 624. The lowest BCUT2D eigenvalue weighted by atomic mass is 10.2. The maximum atomic E-state index is 11.7. The molecule has 2 aromatic carbocycles. The summed E-state index contributed by atoms with van der Waals surface area (Å²) in [6, 6.07) is 17.1. The van der Waals surface area contributed by atoms with E-state index in [-0.39, 0.29) is 12.5 Å². The third kappa shape index (κ3) is 6.22. The fraction of sp³-hybridized carbons (Fsp3) is 0.222. The van der Waals surface area contributed by atoms with Crippen molar-refractivity contribution in [2.45, 2.75) is 13.3 Å². The zero-order chi connectivity index (χ0) is 16.3. The Morgan fingerprint density at radius 1 is 1.13 bits per heavy atom. The number of carbonyl (C=O) groups excluding carboxylic acids is 1. The van der Waals surface area contributed by atoms with Gasteiger partial charge in [0.1, 0.15) is 5.75 Å². The topological polar surface area (TPSA) is 62.7 Å². The van der Waals surface area contributed by atoms with Gasteiger partial charge in [-0.1, -0.05) is 25.1 Å². The van der Waals surface area contributed by atoms with E-state index in [1.54, 1.807) is 6.21 Å². The highest BCUT2D eigenvalue weighted by Gasteiger charge is 1.98. The Labute approximate surface area is 136 Å². The van der Waals surface area contributed by atoms with Gasteiger partial charge in [0.15, 0.2) is 0 Å². The number of ether oxygens (including phenoxy) is 1. The Kier molecular flexibility index (Phi) is 6.65. The Morgan fingerprint density at radius 3 is 2.57 bits per heavy atom. The quantitative estimate of drug-likeness (QED) is 0.582. The standard InChI is InChI=1S/C18H21N3O2/c1-2-12-23-17-10-8-15(9-11-17)13-20-21-18(22)14-19-16-6-4-3-5-7-16/h3-11,13,19H,2,12,14H2,1H3,(H,21,22)/b20-13-. The van der Waals surface area contributed by atoms with Crippen molar-refractivity contribution in [1.82, 2.24) is 5.43 Å². The van der Waals surface area contributed by atoms with E-state index in [2.05, 4.69) is 22.8 Å². The normalized spacial score (nSPS) is 10.5. The lowest BCUT2D eigenvalue weighted by Crippen LogP contribution is -2.25. The molecule has 0 aliphatic rings. The van der Waals surface area contributed by atoms with E-state index >= 15 is 0 Å². The second kappa shape index (κ2) is 9.25. The molecule has 5 nitrogen and oxygen atoms in total. The Morgan fingerprint density at radius 2 is 1.87 bits per heavy atom. The van der Waals surface area contributed by atoms with Gasteiger partial charge in [-0.3, -0.25) is 4.79 Å². The van der Waals surface area contributed by atoms with Crippen LogP contribution in [0, 0.1) is 0 Å². The number of hydrogen-bond donors (Lipinski definition) is 2. The number of anilines is 1. The molecule has 0 saturated heterocycles. The van der Waals surface area contributed by atoms with Gasteiger partial charge in [-0.2, -0.15) is 5.10 Å². The van der Waals surface area contributed by atoms with Gasteiger partial charge < -0.3 is 10.1 Å². The average Bonchev–Trinajstić information content (AvgIpc) is 2.60. The van der Waals surface area contributed by atoms with Gasteiger partial charge in [-0.25, -0.2) is 5.43 Å². The van der Waals surface area contributed by atoms with E-state index in [0.717, 1.165) is 23.4 Å². The molecule has 0 atom stereocenters. The summed E-state index contributed by atoms with van der Waals surface area (Å²) in [4.78, 5) is 11.7. The van der Waals surface area contributed by atoms with Crippen LogP contribution < -0.4 is 15.5 Å². The van der Waals surface area contributed by atoms with Crippen molar-refractivity contribution in [1.29, 1.82) is 0 Å². The summed E-state index contributed by atoms with van der Waals surface area (Å²) < 4.78 is 5.50. The van der Waals surface area contributed by atoms with Crippen molar-refractivity contribution >= 4 is 17.8 Å². The molecule has 0 saturated carbocycles. The molecule has 2 rings (SSSR count). The molecule has 0 aliphatic carbocycles. The number of hydrazone groups is 1. The van der Waals surface area contributed by atoms with Gasteiger partial charge in [0.05, 0.1) is 19.4 Å². The predicted molar refractivity (Wildman–Crippen MR) is 92.9 cm³/mol. The van der Waals surface area contributed by atoms with E-state index in [9.17, 15) is 4.79 Å². The molecule has 0 heterocycles. The van der Waals surface area contributed by atoms with E-state index < -0.39 is 0 Å². The molecule has 23 heavy (non-hydrogen) atoms. The largest absolute Gasteiger partial charge is 0.494 e. The van der Waals surface area contributed by atoms with Crippen LogP contribution in [0.4, 0.5) is 5.69 Å². The summed E-state index contributed by atoms with van der Waals surface area (Å²) >= 11 is 0. The summed E-state index contributed by atoms with van der Waals surface area (Å²) in [5.41, 5.74) is 4.28. The molecule has 0 aromatic heterocycles. The van der Waals surface area contributed by atoms with Gasteiger partial charge in [-0.05, 0) is 48.4 Å². The first kappa shape index (κ1) is 16.5. The maximum absolute atomic E-state index is 11.7. The lowest BCUT2D eigenvalue weighted by molar-refractivity contribution is -0.119. The van der Waals surface area contributed by atoms with Crippen LogP contribution in [0.5, 0.6) is 5.75 Å². The number of amides is 1. The molecular weight excluding hydrogens is 290 g/mol. The fourth-order valence-corrected chi connectivity index (χ4v) is 1.83. The molecular formula is C18H21N3O2. The number of hydrogen-bond acceptors (Lipinski definition) is 4. The van der Waals surface area contributed by atoms with E-state index in [0.29, 0.717) is 6.61 Å². The van der Waals surface area contributed by atoms with Crippen molar-refractivity contribution in [3.8, 4) is 5.75 Å². The van der Waals surface area contributed by atoms with Crippen molar-refractivity contribution in [2.24, 2.45) is 5.10 Å². The summed E-state index contributed by atoms with van der Waals surface area (Å²) in [5, 5.41) is 6.96. The summed E-state index contributed by atoms with van der Waals surface area (Å²) in [5.74, 6) is 0.632. The van der Waals surface area contributed by atoms with E-state index in [1.165, 1.54) is 0 Å². The monoisotopic (exact) mass is 311 g/mol. The number of nitrogens with zero attached hydrogens (tertiary/aromatic N) is 1. The predicted octanol–water partition coefficient (Wildman–Crippen LogP) is 3.04.